The van der Waals surface area contributed by atoms with Gasteiger partial charge in [-0.2, -0.15) is 25.3 Å². The minimum Gasteiger partial charge on any atom is -0.480 e. The molecule has 0 saturated carbocycles. The molecular formula is C12H12N2O4S2. The van der Waals surface area contributed by atoms with Crippen molar-refractivity contribution in [1.29, 1.82) is 0 Å². The van der Waals surface area contributed by atoms with Crippen molar-refractivity contribution in [1.82, 2.24) is 9.88 Å². The lowest BCUT2D eigenvalue weighted by atomic mass is 10.1. The van der Waals surface area contributed by atoms with E-state index < -0.39 is 27.9 Å². The van der Waals surface area contributed by atoms with Crippen molar-refractivity contribution in [2.75, 3.05) is 0 Å². The van der Waals surface area contributed by atoms with Gasteiger partial charge in [0.05, 0.1) is 5.69 Å². The number of aliphatic carboxylic acids is 1. The van der Waals surface area contributed by atoms with Crippen LogP contribution in [0.2, 0.25) is 0 Å². The lowest BCUT2D eigenvalue weighted by Gasteiger charge is -2.34. The first-order chi connectivity index (χ1) is 9.35. The molecule has 1 aliphatic rings. The van der Waals surface area contributed by atoms with Crippen molar-refractivity contribution >= 4 is 43.0 Å². The van der Waals surface area contributed by atoms with Crippen LogP contribution < -0.4 is 0 Å². The number of carbonyl (C=O) groups excluding carboxylic acids is 2. The predicted molar refractivity (Wildman–Crippen MR) is 76.4 cm³/mol. The molecule has 1 saturated heterocycles. The summed E-state index contributed by atoms with van der Waals surface area (Å²) >= 11 is 8.48. The molecule has 2 heterocycles. The van der Waals surface area contributed by atoms with E-state index in [4.69, 9.17) is 0 Å². The molecule has 0 aromatic carbocycles. The quantitative estimate of drug-likeness (QED) is 0.433. The SMILES string of the molecule is O=C(O)C(N1C(=O)CCC1=O)C(S)(S)c1ccccn1. The number of rotatable bonds is 4. The molecule has 1 unspecified atom stereocenters. The largest absolute Gasteiger partial charge is 0.480 e. The van der Waals surface area contributed by atoms with Crippen LogP contribution in [-0.4, -0.2) is 38.8 Å². The van der Waals surface area contributed by atoms with Gasteiger partial charge in [0, 0.05) is 19.0 Å². The number of imide groups is 1. The number of amides is 2. The molecule has 1 aliphatic heterocycles. The highest BCUT2D eigenvalue weighted by Gasteiger charge is 2.50. The summed E-state index contributed by atoms with van der Waals surface area (Å²) in [5, 5.41) is 9.39. The highest BCUT2D eigenvalue weighted by Crippen LogP contribution is 2.39. The molecule has 2 amide bonds. The number of nitrogens with zero attached hydrogens (tertiary/aromatic N) is 2. The van der Waals surface area contributed by atoms with Crippen molar-refractivity contribution in [2.45, 2.75) is 23.0 Å². The second kappa shape index (κ2) is 5.45. The molecule has 1 fully saturated rings. The number of hydrogen-bond donors (Lipinski definition) is 3. The molecule has 1 N–H and O–H groups in total. The van der Waals surface area contributed by atoms with Crippen molar-refractivity contribution < 1.29 is 19.5 Å². The summed E-state index contributed by atoms with van der Waals surface area (Å²) in [6.45, 7) is 0. The van der Waals surface area contributed by atoms with E-state index in [-0.39, 0.29) is 18.5 Å². The van der Waals surface area contributed by atoms with Gasteiger partial charge in [0.1, 0.15) is 4.08 Å². The van der Waals surface area contributed by atoms with Gasteiger partial charge >= 0.3 is 5.97 Å². The lowest BCUT2D eigenvalue weighted by Crippen LogP contribution is -2.53. The molecule has 1 aromatic heterocycles. The zero-order valence-corrected chi connectivity index (χ0v) is 12.1. The number of hydrogen-bond acceptors (Lipinski definition) is 6. The third kappa shape index (κ3) is 2.53. The average Bonchev–Trinajstić information content (AvgIpc) is 2.71. The fraction of sp³-hybridized carbons (Fsp3) is 0.333. The van der Waals surface area contributed by atoms with Gasteiger partial charge in [-0.3, -0.25) is 19.5 Å². The normalized spacial score (nSPS) is 17.4. The molecular weight excluding hydrogens is 300 g/mol. The Kier molecular flexibility index (Phi) is 4.05. The summed E-state index contributed by atoms with van der Waals surface area (Å²) in [6.07, 6.45) is 1.47. The lowest BCUT2D eigenvalue weighted by molar-refractivity contribution is -0.154. The number of pyridine rings is 1. The molecule has 6 nitrogen and oxygen atoms in total. The number of carboxylic acids is 1. The molecule has 0 radical (unpaired) electrons. The van der Waals surface area contributed by atoms with Gasteiger partial charge in [0.2, 0.25) is 11.8 Å². The van der Waals surface area contributed by atoms with Gasteiger partial charge in [0.25, 0.3) is 0 Å². The fourth-order valence-corrected chi connectivity index (χ4v) is 2.78. The molecule has 1 atom stereocenters. The maximum absolute atomic E-state index is 11.8. The summed E-state index contributed by atoms with van der Waals surface area (Å²) in [4.78, 5) is 39.8. The van der Waals surface area contributed by atoms with Crippen LogP contribution in [0, 0.1) is 0 Å². The maximum Gasteiger partial charge on any atom is 0.329 e. The minimum atomic E-state index is -1.58. The van der Waals surface area contributed by atoms with Crippen LogP contribution >= 0.6 is 25.3 Å². The highest BCUT2D eigenvalue weighted by atomic mass is 32.2. The van der Waals surface area contributed by atoms with Gasteiger partial charge in [-0.15, -0.1) is 0 Å². The standard InChI is InChI=1S/C12H12N2O4S2/c15-8-4-5-9(16)14(8)10(11(17)18)12(19,20)7-3-1-2-6-13-7/h1-3,6,10,19-20H,4-5H2,(H,17,18). The summed E-state index contributed by atoms with van der Waals surface area (Å²) < 4.78 is -1.58. The summed E-state index contributed by atoms with van der Waals surface area (Å²) in [5.41, 5.74) is 0.256. The Balaban J connectivity index is 2.46. The first-order valence-electron chi connectivity index (χ1n) is 5.79. The van der Waals surface area contributed by atoms with E-state index >= 15 is 0 Å². The van der Waals surface area contributed by atoms with Crippen LogP contribution in [0.5, 0.6) is 0 Å². The number of carbonyl (C=O) groups is 3. The maximum atomic E-state index is 11.8. The van der Waals surface area contributed by atoms with Gasteiger partial charge in [-0.05, 0) is 12.1 Å². The number of carboxylic acid groups (broad SMARTS) is 1. The molecule has 1 aromatic rings. The summed E-state index contributed by atoms with van der Waals surface area (Å²) in [6, 6.07) is 3.33. The number of aromatic nitrogens is 1. The van der Waals surface area contributed by atoms with Gasteiger partial charge in [-0.25, -0.2) is 4.79 Å². The number of thiol groups is 2. The first-order valence-corrected chi connectivity index (χ1v) is 6.69. The highest BCUT2D eigenvalue weighted by molar-refractivity contribution is 8.00. The summed E-state index contributed by atoms with van der Waals surface area (Å²) in [5.74, 6) is -2.43. The zero-order valence-electron chi connectivity index (χ0n) is 10.3. The first kappa shape index (κ1) is 14.9. The Bertz CT molecular complexity index is 546. The van der Waals surface area contributed by atoms with E-state index in [9.17, 15) is 19.5 Å². The molecule has 0 bridgehead atoms. The second-order valence-electron chi connectivity index (χ2n) is 4.34. The average molecular weight is 312 g/mol. The molecule has 2 rings (SSSR count). The van der Waals surface area contributed by atoms with E-state index in [0.29, 0.717) is 0 Å². The summed E-state index contributed by atoms with van der Waals surface area (Å²) in [7, 11) is 0. The fourth-order valence-electron chi connectivity index (χ4n) is 2.06. The van der Waals surface area contributed by atoms with Crippen LogP contribution in [-0.2, 0) is 18.5 Å². The Hall–Kier alpha value is -1.54. The van der Waals surface area contributed by atoms with Crippen molar-refractivity contribution in [3.05, 3.63) is 30.1 Å². The van der Waals surface area contributed by atoms with Crippen LogP contribution in [0.4, 0.5) is 0 Å². The van der Waals surface area contributed by atoms with Crippen LogP contribution in [0.15, 0.2) is 24.4 Å². The van der Waals surface area contributed by atoms with E-state index in [2.05, 4.69) is 30.2 Å². The van der Waals surface area contributed by atoms with Crippen molar-refractivity contribution in [2.24, 2.45) is 0 Å². The molecule has 0 aliphatic carbocycles. The van der Waals surface area contributed by atoms with E-state index in [1.165, 1.54) is 6.20 Å². The van der Waals surface area contributed by atoms with Crippen molar-refractivity contribution in [3.8, 4) is 0 Å². The molecule has 8 heteroatoms. The second-order valence-corrected chi connectivity index (χ2v) is 6.10. The van der Waals surface area contributed by atoms with Gasteiger partial charge in [-0.1, -0.05) is 6.07 Å². The van der Waals surface area contributed by atoms with Gasteiger partial charge in [0.15, 0.2) is 6.04 Å². The molecule has 0 spiro atoms. The Labute approximate surface area is 126 Å². The number of likely N-dealkylation sites (tertiary alicyclic amines) is 1. The zero-order chi connectivity index (χ0) is 14.9. The minimum absolute atomic E-state index is 0.00245. The van der Waals surface area contributed by atoms with E-state index in [0.717, 1.165) is 4.90 Å². The van der Waals surface area contributed by atoms with E-state index in [1.807, 2.05) is 0 Å². The monoisotopic (exact) mass is 312 g/mol. The predicted octanol–water partition coefficient (Wildman–Crippen LogP) is 0.696. The molecule has 20 heavy (non-hydrogen) atoms. The van der Waals surface area contributed by atoms with Gasteiger partial charge < -0.3 is 5.11 Å². The third-order valence-electron chi connectivity index (χ3n) is 3.01. The Morgan fingerprint density at radius 1 is 1.30 bits per heavy atom. The van der Waals surface area contributed by atoms with Crippen LogP contribution in [0.3, 0.4) is 0 Å². The van der Waals surface area contributed by atoms with Crippen LogP contribution in [0.1, 0.15) is 18.5 Å². The van der Waals surface area contributed by atoms with Crippen molar-refractivity contribution in [3.63, 3.8) is 0 Å². The molecule has 106 valence electrons. The topological polar surface area (TPSA) is 87.6 Å². The Morgan fingerprint density at radius 3 is 2.35 bits per heavy atom. The smallest absolute Gasteiger partial charge is 0.329 e. The van der Waals surface area contributed by atoms with E-state index in [1.54, 1.807) is 18.2 Å². The van der Waals surface area contributed by atoms with Crippen LogP contribution in [0.25, 0.3) is 0 Å². The third-order valence-corrected chi connectivity index (χ3v) is 3.95. The Morgan fingerprint density at radius 2 is 1.90 bits per heavy atom.